The fraction of sp³-hybridized carbons (Fsp3) is 0.500. The number of rotatable bonds is 3. The van der Waals surface area contributed by atoms with Gasteiger partial charge in [0.2, 0.25) is 15.9 Å². The largest absolute Gasteiger partial charge is 0.311 e. The predicted molar refractivity (Wildman–Crippen MR) is 72.1 cm³/mol. The van der Waals surface area contributed by atoms with Gasteiger partial charge in [-0.15, -0.1) is 0 Å². The van der Waals surface area contributed by atoms with Crippen LogP contribution < -0.4 is 10.0 Å². The third kappa shape index (κ3) is 3.30. The van der Waals surface area contributed by atoms with Crippen molar-refractivity contribution in [1.82, 2.24) is 4.98 Å². The molecule has 0 bridgehead atoms. The number of pyridine rings is 1. The van der Waals surface area contributed by atoms with Gasteiger partial charge in [-0.2, -0.15) is 0 Å². The molecule has 0 saturated carbocycles. The van der Waals surface area contributed by atoms with E-state index in [1.807, 2.05) is 19.9 Å². The Morgan fingerprint density at radius 2 is 2.16 bits per heavy atom. The van der Waals surface area contributed by atoms with E-state index in [0.717, 1.165) is 11.3 Å². The maximum absolute atomic E-state index is 11.9. The smallest absolute Gasteiger partial charge is 0.227 e. The summed E-state index contributed by atoms with van der Waals surface area (Å²) in [5.74, 6) is -0.490. The van der Waals surface area contributed by atoms with Crippen LogP contribution in [0.5, 0.6) is 0 Å². The zero-order valence-electron chi connectivity index (χ0n) is 11.0. The summed E-state index contributed by atoms with van der Waals surface area (Å²) in [6, 6.07) is 1.89. The molecule has 2 rings (SSSR count). The van der Waals surface area contributed by atoms with Crippen molar-refractivity contribution < 1.29 is 13.2 Å². The molecule has 0 aromatic carbocycles. The minimum atomic E-state index is -3.55. The second kappa shape index (κ2) is 4.90. The van der Waals surface area contributed by atoms with Gasteiger partial charge in [0.05, 0.1) is 17.6 Å². The number of carbonyl (C=O) groups is 1. The molecule has 1 unspecified atom stereocenters. The summed E-state index contributed by atoms with van der Waals surface area (Å²) in [5, 5.41) is 5.02. The van der Waals surface area contributed by atoms with E-state index in [1.165, 1.54) is 0 Å². The van der Waals surface area contributed by atoms with Gasteiger partial charge in [0, 0.05) is 24.6 Å². The first kappa shape index (κ1) is 14.0. The molecule has 1 aliphatic heterocycles. The van der Waals surface area contributed by atoms with Gasteiger partial charge in [-0.3, -0.25) is 9.78 Å². The summed E-state index contributed by atoms with van der Waals surface area (Å²) in [5.41, 5.74) is 2.63. The van der Waals surface area contributed by atoms with E-state index in [0.29, 0.717) is 12.2 Å². The number of carbonyl (C=O) groups excluding carboxylic acids is 1. The Morgan fingerprint density at radius 3 is 2.74 bits per heavy atom. The van der Waals surface area contributed by atoms with Crippen LogP contribution in [0.2, 0.25) is 0 Å². The molecule has 1 aromatic rings. The molecule has 2 N–H and O–H groups in total. The van der Waals surface area contributed by atoms with Crippen LogP contribution in [-0.4, -0.2) is 31.6 Å². The van der Waals surface area contributed by atoms with Gasteiger partial charge in [0.15, 0.2) is 0 Å². The number of primary sulfonamides is 1. The summed E-state index contributed by atoms with van der Waals surface area (Å²) < 4.78 is 22.1. The molecule has 1 saturated heterocycles. The zero-order valence-corrected chi connectivity index (χ0v) is 11.8. The van der Waals surface area contributed by atoms with Crippen molar-refractivity contribution >= 4 is 21.6 Å². The van der Waals surface area contributed by atoms with Gasteiger partial charge < -0.3 is 4.90 Å². The van der Waals surface area contributed by atoms with Gasteiger partial charge in [-0.25, -0.2) is 13.6 Å². The van der Waals surface area contributed by atoms with Gasteiger partial charge in [-0.1, -0.05) is 0 Å². The molecule has 1 atom stereocenters. The number of amides is 1. The average Bonchev–Trinajstić information content (AvgIpc) is 2.61. The van der Waals surface area contributed by atoms with Crippen molar-refractivity contribution in [3.63, 3.8) is 0 Å². The first-order chi connectivity index (χ1) is 8.76. The Morgan fingerprint density at radius 1 is 1.47 bits per heavy atom. The highest BCUT2D eigenvalue weighted by Crippen LogP contribution is 2.26. The summed E-state index contributed by atoms with van der Waals surface area (Å²) in [6.45, 7) is 4.20. The summed E-state index contributed by atoms with van der Waals surface area (Å²) >= 11 is 0. The first-order valence-electron chi connectivity index (χ1n) is 6.00. The highest BCUT2D eigenvalue weighted by Gasteiger charge is 2.33. The maximum atomic E-state index is 11.9. The monoisotopic (exact) mass is 283 g/mol. The Bertz CT molecular complexity index is 613. The van der Waals surface area contributed by atoms with Crippen molar-refractivity contribution in [1.29, 1.82) is 0 Å². The van der Waals surface area contributed by atoms with E-state index in [4.69, 9.17) is 5.14 Å². The third-order valence-electron chi connectivity index (χ3n) is 3.31. The van der Waals surface area contributed by atoms with Crippen LogP contribution in [0.4, 0.5) is 5.69 Å². The summed E-state index contributed by atoms with van der Waals surface area (Å²) in [4.78, 5) is 17.7. The van der Waals surface area contributed by atoms with Crippen LogP contribution in [0.15, 0.2) is 12.3 Å². The molecular weight excluding hydrogens is 266 g/mol. The number of nitrogens with two attached hydrogens (primary N) is 1. The highest BCUT2D eigenvalue weighted by atomic mass is 32.2. The van der Waals surface area contributed by atoms with Crippen molar-refractivity contribution in [3.8, 4) is 0 Å². The lowest BCUT2D eigenvalue weighted by Crippen LogP contribution is -2.27. The second-order valence-corrected chi connectivity index (χ2v) is 6.66. The number of nitrogens with zero attached hydrogens (tertiary/aromatic N) is 2. The van der Waals surface area contributed by atoms with E-state index >= 15 is 0 Å². The average molecular weight is 283 g/mol. The lowest BCUT2D eigenvalue weighted by atomic mass is 10.1. The summed E-state index contributed by atoms with van der Waals surface area (Å²) in [6.07, 6.45) is 1.85. The SMILES string of the molecule is Cc1cc(N2CC(CS(N)(=O)=O)CC2=O)cnc1C. The second-order valence-electron chi connectivity index (χ2n) is 5.00. The van der Waals surface area contributed by atoms with Gasteiger partial charge in [-0.05, 0) is 25.5 Å². The van der Waals surface area contributed by atoms with E-state index in [1.54, 1.807) is 11.1 Å². The number of aryl methyl sites for hydroxylation is 2. The van der Waals surface area contributed by atoms with Gasteiger partial charge in [0.1, 0.15) is 0 Å². The zero-order chi connectivity index (χ0) is 14.2. The van der Waals surface area contributed by atoms with Crippen LogP contribution in [0.3, 0.4) is 0 Å². The van der Waals surface area contributed by atoms with Crippen molar-refractivity contribution in [2.75, 3.05) is 17.2 Å². The fourth-order valence-corrected chi connectivity index (χ4v) is 3.13. The lowest BCUT2D eigenvalue weighted by Gasteiger charge is -2.17. The van der Waals surface area contributed by atoms with Gasteiger partial charge >= 0.3 is 0 Å². The molecule has 6 nitrogen and oxygen atoms in total. The Hall–Kier alpha value is -1.47. The van der Waals surface area contributed by atoms with Crippen LogP contribution in [0.25, 0.3) is 0 Å². The van der Waals surface area contributed by atoms with Crippen molar-refractivity contribution in [2.24, 2.45) is 11.1 Å². The van der Waals surface area contributed by atoms with Crippen molar-refractivity contribution in [2.45, 2.75) is 20.3 Å². The molecule has 1 amide bonds. The van der Waals surface area contributed by atoms with Crippen LogP contribution >= 0.6 is 0 Å². The number of sulfonamides is 1. The molecule has 1 fully saturated rings. The molecule has 104 valence electrons. The minimum absolute atomic E-state index is 0.0845. The Kier molecular flexibility index (Phi) is 3.60. The molecule has 0 spiro atoms. The summed E-state index contributed by atoms with van der Waals surface area (Å²) in [7, 11) is -3.55. The molecule has 1 aliphatic rings. The minimum Gasteiger partial charge on any atom is -0.311 e. The molecule has 0 aliphatic carbocycles. The molecule has 7 heteroatoms. The molecule has 2 heterocycles. The quantitative estimate of drug-likeness (QED) is 0.865. The maximum Gasteiger partial charge on any atom is 0.227 e. The molecule has 19 heavy (non-hydrogen) atoms. The Balaban J connectivity index is 2.18. The van der Waals surface area contributed by atoms with E-state index in [2.05, 4.69) is 4.98 Å². The van der Waals surface area contributed by atoms with E-state index in [9.17, 15) is 13.2 Å². The van der Waals surface area contributed by atoms with Crippen LogP contribution in [-0.2, 0) is 14.8 Å². The Labute approximate surface area is 112 Å². The normalized spacial score (nSPS) is 20.1. The van der Waals surface area contributed by atoms with Crippen LogP contribution in [0.1, 0.15) is 17.7 Å². The molecule has 1 aromatic heterocycles. The van der Waals surface area contributed by atoms with Gasteiger partial charge in [0.25, 0.3) is 0 Å². The fourth-order valence-electron chi connectivity index (χ4n) is 2.25. The lowest BCUT2D eigenvalue weighted by molar-refractivity contribution is -0.117. The highest BCUT2D eigenvalue weighted by molar-refractivity contribution is 7.89. The molecule has 0 radical (unpaired) electrons. The number of aromatic nitrogens is 1. The number of hydrogen-bond acceptors (Lipinski definition) is 4. The van der Waals surface area contributed by atoms with Crippen LogP contribution in [0, 0.1) is 19.8 Å². The number of hydrogen-bond donors (Lipinski definition) is 1. The van der Waals surface area contributed by atoms with Crippen molar-refractivity contribution in [3.05, 3.63) is 23.5 Å². The first-order valence-corrected chi connectivity index (χ1v) is 7.72. The predicted octanol–water partition coefficient (Wildman–Crippen LogP) is 0.340. The standard InChI is InChI=1S/C12H17N3O3S/c1-8-3-11(5-14-9(8)2)15-6-10(4-12(15)16)7-19(13,17)18/h3,5,10H,4,6-7H2,1-2H3,(H2,13,17,18). The molecular formula is C12H17N3O3S. The van der Waals surface area contributed by atoms with E-state index < -0.39 is 10.0 Å². The topological polar surface area (TPSA) is 93.4 Å². The third-order valence-corrected chi connectivity index (χ3v) is 4.25. The number of anilines is 1. The van der Waals surface area contributed by atoms with E-state index in [-0.39, 0.29) is 24.0 Å².